The highest BCUT2D eigenvalue weighted by molar-refractivity contribution is 6.09. The van der Waals surface area contributed by atoms with Crippen LogP contribution in [0.25, 0.3) is 0 Å². The van der Waals surface area contributed by atoms with Crippen molar-refractivity contribution in [1.82, 2.24) is 25.3 Å². The standard InChI is InChI=1S/C48H69N5O7/c1-30(2)33(6)52-26-16-15-20-38(52)44(56)50-42(48(7,8)9)46(58)51(10)40(31(3)4)28-32(5)45(57)53-27-17-21-39(53)43(55)49-37(47(59)60-11)29-34-22-24-36(25-23-34)41(54)35-18-13-12-14-19-35/h12-14,18-19,22-25,28,30-31,33,37-40,42H,15-17,20-21,26-27,29H2,1-11H3,(H,49,55)(H,50,56)/t33?,37-,38+,39-,40+,42+/m0/s1. The number of likely N-dealkylation sites (tertiary alicyclic amines) is 2. The van der Waals surface area contributed by atoms with E-state index in [0.29, 0.717) is 42.0 Å². The molecule has 4 amide bonds. The maximum absolute atomic E-state index is 14.4. The lowest BCUT2D eigenvalue weighted by Gasteiger charge is -2.42. The molecule has 2 aromatic carbocycles. The number of hydrogen-bond acceptors (Lipinski definition) is 8. The molecule has 2 heterocycles. The second-order valence-electron chi connectivity index (χ2n) is 18.4. The lowest BCUT2D eigenvalue weighted by Crippen LogP contribution is -2.61. The molecule has 328 valence electrons. The van der Waals surface area contributed by atoms with E-state index < -0.39 is 41.5 Å². The number of nitrogens with one attached hydrogen (secondary N) is 2. The van der Waals surface area contributed by atoms with Crippen LogP contribution < -0.4 is 10.6 Å². The topological polar surface area (TPSA) is 145 Å². The van der Waals surface area contributed by atoms with Gasteiger partial charge in [0.2, 0.25) is 23.6 Å². The second kappa shape index (κ2) is 21.1. The van der Waals surface area contributed by atoms with Gasteiger partial charge in [0.25, 0.3) is 0 Å². The third-order valence-corrected chi connectivity index (χ3v) is 12.3. The third-order valence-electron chi connectivity index (χ3n) is 12.3. The minimum atomic E-state index is -1.02. The van der Waals surface area contributed by atoms with Crippen molar-refractivity contribution in [3.05, 3.63) is 82.9 Å². The maximum atomic E-state index is 14.4. The largest absolute Gasteiger partial charge is 0.467 e. The van der Waals surface area contributed by atoms with Gasteiger partial charge in [-0.1, -0.05) is 116 Å². The molecule has 2 saturated heterocycles. The summed E-state index contributed by atoms with van der Waals surface area (Å²) in [5.41, 5.74) is 1.58. The zero-order valence-corrected chi connectivity index (χ0v) is 37.7. The number of likely N-dealkylation sites (N-methyl/N-ethyl adjacent to an activating group) is 1. The number of nitrogens with zero attached hydrogens (tertiary/aromatic N) is 3. The van der Waals surface area contributed by atoms with Crippen molar-refractivity contribution in [3.63, 3.8) is 0 Å². The maximum Gasteiger partial charge on any atom is 0.328 e. The molecule has 0 aliphatic carbocycles. The summed E-state index contributed by atoms with van der Waals surface area (Å²) in [5.74, 6) is -1.61. The molecule has 1 unspecified atom stereocenters. The molecule has 2 aliphatic heterocycles. The molecule has 12 nitrogen and oxygen atoms in total. The summed E-state index contributed by atoms with van der Waals surface area (Å²) in [6.07, 6.45) is 5.68. The SMILES string of the molecule is COC(=O)[C@H](Cc1ccc(C(=O)c2ccccc2)cc1)NC(=O)[C@@H]1CCCN1C(=O)C(C)=C[C@H](C(C)C)N(C)C(=O)[C@@H](NC(=O)[C@H]1CCCCN1C(C)C(C)C)C(C)(C)C. The van der Waals surface area contributed by atoms with Gasteiger partial charge in [-0.05, 0) is 68.9 Å². The van der Waals surface area contributed by atoms with Crippen molar-refractivity contribution in [2.45, 2.75) is 137 Å². The van der Waals surface area contributed by atoms with E-state index in [1.54, 1.807) is 73.5 Å². The minimum absolute atomic E-state index is 0.0808. The average Bonchev–Trinajstić information content (AvgIpc) is 3.73. The van der Waals surface area contributed by atoms with E-state index in [-0.39, 0.29) is 47.9 Å². The van der Waals surface area contributed by atoms with Crippen molar-refractivity contribution < 1.29 is 33.5 Å². The highest BCUT2D eigenvalue weighted by atomic mass is 16.5. The van der Waals surface area contributed by atoms with Crippen LogP contribution in [-0.4, -0.2) is 114 Å². The molecule has 0 aromatic heterocycles. The van der Waals surface area contributed by atoms with Gasteiger partial charge in [0.1, 0.15) is 18.1 Å². The smallest absolute Gasteiger partial charge is 0.328 e. The predicted molar refractivity (Wildman–Crippen MR) is 234 cm³/mol. The van der Waals surface area contributed by atoms with Crippen LogP contribution >= 0.6 is 0 Å². The summed E-state index contributed by atoms with van der Waals surface area (Å²) in [5, 5.41) is 5.99. The lowest BCUT2D eigenvalue weighted by atomic mass is 9.84. The molecule has 12 heteroatoms. The van der Waals surface area contributed by atoms with Crippen molar-refractivity contribution >= 4 is 35.4 Å². The summed E-state index contributed by atoms with van der Waals surface area (Å²) in [4.78, 5) is 87.6. The van der Waals surface area contributed by atoms with E-state index >= 15 is 0 Å². The number of carbonyl (C=O) groups excluding carboxylic acids is 6. The first-order chi connectivity index (χ1) is 28.3. The number of methoxy groups -OCH3 is 1. The van der Waals surface area contributed by atoms with Gasteiger partial charge in [0, 0.05) is 42.8 Å². The van der Waals surface area contributed by atoms with Crippen LogP contribution in [-0.2, 0) is 35.1 Å². The first kappa shape index (κ1) is 47.8. The van der Waals surface area contributed by atoms with Gasteiger partial charge in [-0.15, -0.1) is 0 Å². The van der Waals surface area contributed by atoms with Gasteiger partial charge >= 0.3 is 5.97 Å². The highest BCUT2D eigenvalue weighted by Crippen LogP contribution is 2.28. The quantitative estimate of drug-likeness (QED) is 0.120. The number of rotatable bonds is 16. The molecule has 0 bridgehead atoms. The lowest BCUT2D eigenvalue weighted by molar-refractivity contribution is -0.146. The van der Waals surface area contributed by atoms with Crippen LogP contribution in [0.4, 0.5) is 0 Å². The van der Waals surface area contributed by atoms with E-state index in [4.69, 9.17) is 4.74 Å². The zero-order valence-electron chi connectivity index (χ0n) is 37.7. The number of ketones is 1. The van der Waals surface area contributed by atoms with Gasteiger partial charge in [-0.3, -0.25) is 28.9 Å². The van der Waals surface area contributed by atoms with Gasteiger partial charge in [0.15, 0.2) is 5.78 Å². The Morgan fingerprint density at radius 2 is 1.40 bits per heavy atom. The number of piperidine rings is 1. The normalized spacial score (nSPS) is 19.6. The Morgan fingerprint density at radius 3 is 1.98 bits per heavy atom. The van der Waals surface area contributed by atoms with Crippen LogP contribution in [0.2, 0.25) is 0 Å². The van der Waals surface area contributed by atoms with E-state index in [1.165, 1.54) is 12.0 Å². The van der Waals surface area contributed by atoms with Crippen LogP contribution in [0.15, 0.2) is 66.2 Å². The molecule has 2 aliphatic rings. The summed E-state index contributed by atoms with van der Waals surface area (Å²) in [6, 6.07) is 12.6. The van der Waals surface area contributed by atoms with Gasteiger partial charge in [-0.2, -0.15) is 0 Å². The second-order valence-corrected chi connectivity index (χ2v) is 18.4. The van der Waals surface area contributed by atoms with Crippen molar-refractivity contribution in [3.8, 4) is 0 Å². The van der Waals surface area contributed by atoms with Gasteiger partial charge < -0.3 is 25.2 Å². The van der Waals surface area contributed by atoms with Crippen molar-refractivity contribution in [2.24, 2.45) is 17.3 Å². The fourth-order valence-corrected chi connectivity index (χ4v) is 8.32. The van der Waals surface area contributed by atoms with Gasteiger partial charge in [-0.25, -0.2) is 4.79 Å². The molecular formula is C48H69N5O7. The first-order valence-electron chi connectivity index (χ1n) is 21.7. The molecule has 60 heavy (non-hydrogen) atoms. The van der Waals surface area contributed by atoms with E-state index in [0.717, 1.165) is 31.4 Å². The fraction of sp³-hybridized carbons (Fsp3) is 0.583. The Hall–Kier alpha value is -4.84. The first-order valence-corrected chi connectivity index (χ1v) is 21.7. The summed E-state index contributed by atoms with van der Waals surface area (Å²) in [7, 11) is 2.97. The van der Waals surface area contributed by atoms with Gasteiger partial charge in [0.05, 0.1) is 19.2 Å². The predicted octanol–water partition coefficient (Wildman–Crippen LogP) is 5.97. The number of amides is 4. The molecule has 2 aromatic rings. The molecule has 2 N–H and O–H groups in total. The Morgan fingerprint density at radius 1 is 0.800 bits per heavy atom. The van der Waals surface area contributed by atoms with E-state index in [9.17, 15) is 28.8 Å². The number of carbonyl (C=O) groups is 6. The Bertz CT molecular complexity index is 1850. The number of ether oxygens (including phenoxy) is 1. The third kappa shape index (κ3) is 11.9. The van der Waals surface area contributed by atoms with E-state index in [2.05, 4.69) is 36.3 Å². The molecule has 4 rings (SSSR count). The molecular weight excluding hydrogens is 759 g/mol. The number of esters is 1. The fourth-order valence-electron chi connectivity index (χ4n) is 8.32. The monoisotopic (exact) mass is 828 g/mol. The molecule has 2 fully saturated rings. The summed E-state index contributed by atoms with van der Waals surface area (Å²) in [6.45, 7) is 19.2. The molecule has 0 spiro atoms. The van der Waals surface area contributed by atoms with Crippen LogP contribution in [0.3, 0.4) is 0 Å². The number of benzene rings is 2. The average molecular weight is 828 g/mol. The van der Waals surface area contributed by atoms with Crippen molar-refractivity contribution in [1.29, 1.82) is 0 Å². The van der Waals surface area contributed by atoms with Crippen LogP contribution in [0, 0.1) is 17.3 Å². The highest BCUT2D eigenvalue weighted by Gasteiger charge is 2.41. The minimum Gasteiger partial charge on any atom is -0.467 e. The van der Waals surface area contributed by atoms with Crippen LogP contribution in [0.1, 0.15) is 116 Å². The van der Waals surface area contributed by atoms with Crippen LogP contribution in [0.5, 0.6) is 0 Å². The Kier molecular flexibility index (Phi) is 16.8. The summed E-state index contributed by atoms with van der Waals surface area (Å²) >= 11 is 0. The van der Waals surface area contributed by atoms with E-state index in [1.807, 2.05) is 40.7 Å². The molecule has 0 saturated carbocycles. The Balaban J connectivity index is 1.47. The summed E-state index contributed by atoms with van der Waals surface area (Å²) < 4.78 is 5.05. The number of hydrogen-bond donors (Lipinski definition) is 2. The zero-order chi connectivity index (χ0) is 44.5. The molecule has 0 radical (unpaired) electrons. The Labute approximate surface area is 357 Å². The molecule has 6 atom stereocenters. The van der Waals surface area contributed by atoms with Crippen molar-refractivity contribution in [2.75, 3.05) is 27.2 Å².